The zero-order chi connectivity index (χ0) is 19.3. The number of para-hydroxylation sites is 1. The van der Waals surface area contributed by atoms with E-state index >= 15 is 0 Å². The molecule has 0 spiro atoms. The zero-order valence-corrected chi connectivity index (χ0v) is 15.7. The molecule has 144 valence electrons. The minimum atomic E-state index is -0.219. The number of rotatable bonds is 6. The number of anilines is 1. The van der Waals surface area contributed by atoms with Crippen LogP contribution in [0.25, 0.3) is 10.9 Å². The maximum absolute atomic E-state index is 12.3. The Labute approximate surface area is 163 Å². The van der Waals surface area contributed by atoms with Gasteiger partial charge < -0.3 is 19.1 Å². The van der Waals surface area contributed by atoms with Crippen molar-refractivity contribution in [2.24, 2.45) is 0 Å². The van der Waals surface area contributed by atoms with Crippen molar-refractivity contribution in [2.45, 2.75) is 13.0 Å². The molecule has 1 unspecified atom stereocenters. The Morgan fingerprint density at radius 2 is 1.93 bits per heavy atom. The lowest BCUT2D eigenvalue weighted by Gasteiger charge is -2.32. The summed E-state index contributed by atoms with van der Waals surface area (Å²) in [6.07, 6.45) is 1.53. The first kappa shape index (κ1) is 18.3. The standard InChI is InChI=1S/C22H22N2O4/c1-2-26-18-10-8-17(9-11-18)24-13-19(27-15-21(24)25)14-28-20-7-3-5-16-6-4-12-23-22(16)20/h3-12,19H,2,13-15H2,1H3. The van der Waals surface area contributed by atoms with Crippen LogP contribution in [-0.4, -0.2) is 43.4 Å². The number of hydrogen-bond donors (Lipinski definition) is 0. The monoisotopic (exact) mass is 378 g/mol. The average molecular weight is 378 g/mol. The SMILES string of the molecule is CCOc1ccc(N2CC(COc3cccc4cccnc34)OCC2=O)cc1. The number of ether oxygens (including phenoxy) is 3. The zero-order valence-electron chi connectivity index (χ0n) is 15.7. The van der Waals surface area contributed by atoms with Crippen LogP contribution in [0.3, 0.4) is 0 Å². The van der Waals surface area contributed by atoms with Crippen LogP contribution in [-0.2, 0) is 9.53 Å². The highest BCUT2D eigenvalue weighted by Gasteiger charge is 2.28. The predicted molar refractivity (Wildman–Crippen MR) is 107 cm³/mol. The number of morpholine rings is 1. The van der Waals surface area contributed by atoms with Crippen molar-refractivity contribution in [1.82, 2.24) is 4.98 Å². The number of nitrogens with zero attached hydrogens (tertiary/aromatic N) is 2. The van der Waals surface area contributed by atoms with E-state index in [1.807, 2.05) is 61.5 Å². The van der Waals surface area contributed by atoms with Crippen molar-refractivity contribution in [2.75, 3.05) is 31.3 Å². The van der Waals surface area contributed by atoms with E-state index in [9.17, 15) is 4.79 Å². The molecule has 1 amide bonds. The molecule has 1 atom stereocenters. The van der Waals surface area contributed by atoms with Crippen molar-refractivity contribution in [3.05, 3.63) is 60.8 Å². The number of hydrogen-bond acceptors (Lipinski definition) is 5. The summed E-state index contributed by atoms with van der Waals surface area (Å²) in [4.78, 5) is 18.5. The third-order valence-corrected chi connectivity index (χ3v) is 4.61. The van der Waals surface area contributed by atoms with E-state index in [-0.39, 0.29) is 18.6 Å². The van der Waals surface area contributed by atoms with Crippen molar-refractivity contribution in [3.63, 3.8) is 0 Å². The van der Waals surface area contributed by atoms with Crippen LogP contribution in [0.4, 0.5) is 5.69 Å². The van der Waals surface area contributed by atoms with Gasteiger partial charge in [-0.1, -0.05) is 18.2 Å². The highest BCUT2D eigenvalue weighted by Crippen LogP contribution is 2.25. The second-order valence-corrected chi connectivity index (χ2v) is 6.51. The quantitative estimate of drug-likeness (QED) is 0.658. The van der Waals surface area contributed by atoms with Crippen LogP contribution in [0.2, 0.25) is 0 Å². The normalized spacial score (nSPS) is 17.0. The maximum atomic E-state index is 12.3. The maximum Gasteiger partial charge on any atom is 0.253 e. The summed E-state index contributed by atoms with van der Waals surface area (Å²) in [5.74, 6) is 1.44. The number of pyridine rings is 1. The van der Waals surface area contributed by atoms with E-state index in [1.54, 1.807) is 11.1 Å². The Balaban J connectivity index is 1.43. The Bertz CT molecular complexity index is 953. The molecule has 4 rings (SSSR count). The van der Waals surface area contributed by atoms with Crippen molar-refractivity contribution in [1.29, 1.82) is 0 Å². The predicted octanol–water partition coefficient (Wildman–Crippen LogP) is 3.44. The Hall–Kier alpha value is -3.12. The van der Waals surface area contributed by atoms with E-state index in [0.29, 0.717) is 25.5 Å². The molecule has 1 aliphatic heterocycles. The Kier molecular flexibility index (Phi) is 5.39. The summed E-state index contributed by atoms with van der Waals surface area (Å²) in [6.45, 7) is 3.37. The number of amides is 1. The molecular formula is C22H22N2O4. The number of aromatic nitrogens is 1. The molecular weight excluding hydrogens is 356 g/mol. The van der Waals surface area contributed by atoms with Crippen LogP contribution in [0.1, 0.15) is 6.92 Å². The summed E-state index contributed by atoms with van der Waals surface area (Å²) < 4.78 is 17.1. The third-order valence-electron chi connectivity index (χ3n) is 4.61. The van der Waals surface area contributed by atoms with E-state index < -0.39 is 0 Å². The molecule has 6 heteroatoms. The largest absolute Gasteiger partial charge is 0.494 e. The second-order valence-electron chi connectivity index (χ2n) is 6.51. The molecule has 1 saturated heterocycles. The van der Waals surface area contributed by atoms with Crippen LogP contribution in [0.5, 0.6) is 11.5 Å². The fraction of sp³-hybridized carbons (Fsp3) is 0.273. The highest BCUT2D eigenvalue weighted by atomic mass is 16.5. The minimum Gasteiger partial charge on any atom is -0.494 e. The second kappa shape index (κ2) is 8.27. The number of carbonyl (C=O) groups is 1. The lowest BCUT2D eigenvalue weighted by Crippen LogP contribution is -2.48. The van der Waals surface area contributed by atoms with Gasteiger partial charge in [0.1, 0.15) is 36.3 Å². The first-order chi connectivity index (χ1) is 13.7. The average Bonchev–Trinajstić information content (AvgIpc) is 2.74. The van der Waals surface area contributed by atoms with Gasteiger partial charge in [0.2, 0.25) is 0 Å². The molecule has 6 nitrogen and oxygen atoms in total. The number of fused-ring (bicyclic) bond motifs is 1. The van der Waals surface area contributed by atoms with Gasteiger partial charge in [-0.05, 0) is 43.3 Å². The molecule has 0 saturated carbocycles. The van der Waals surface area contributed by atoms with Crippen LogP contribution in [0.15, 0.2) is 60.8 Å². The molecule has 2 aromatic carbocycles. The fourth-order valence-corrected chi connectivity index (χ4v) is 3.24. The first-order valence-corrected chi connectivity index (χ1v) is 9.36. The molecule has 1 fully saturated rings. The molecule has 1 aliphatic rings. The molecule has 2 heterocycles. The van der Waals surface area contributed by atoms with Gasteiger partial charge in [0.15, 0.2) is 0 Å². The van der Waals surface area contributed by atoms with Gasteiger partial charge in [-0.2, -0.15) is 0 Å². The van der Waals surface area contributed by atoms with Crippen molar-refractivity contribution >= 4 is 22.5 Å². The summed E-state index contributed by atoms with van der Waals surface area (Å²) in [7, 11) is 0. The summed E-state index contributed by atoms with van der Waals surface area (Å²) >= 11 is 0. The molecule has 0 N–H and O–H groups in total. The van der Waals surface area contributed by atoms with E-state index in [0.717, 1.165) is 22.3 Å². The van der Waals surface area contributed by atoms with E-state index in [4.69, 9.17) is 14.2 Å². The molecule has 3 aromatic rings. The highest BCUT2D eigenvalue weighted by molar-refractivity contribution is 5.95. The summed E-state index contributed by atoms with van der Waals surface area (Å²) in [5, 5.41) is 1.02. The van der Waals surface area contributed by atoms with Gasteiger partial charge in [0.25, 0.3) is 5.91 Å². The molecule has 0 bridgehead atoms. The molecule has 0 radical (unpaired) electrons. The van der Waals surface area contributed by atoms with E-state index in [1.165, 1.54) is 0 Å². The van der Waals surface area contributed by atoms with E-state index in [2.05, 4.69) is 4.98 Å². The summed E-state index contributed by atoms with van der Waals surface area (Å²) in [5.41, 5.74) is 1.65. The van der Waals surface area contributed by atoms with Crippen LogP contribution >= 0.6 is 0 Å². The summed E-state index contributed by atoms with van der Waals surface area (Å²) in [6, 6.07) is 17.3. The van der Waals surface area contributed by atoms with Gasteiger partial charge in [-0.15, -0.1) is 0 Å². The number of carbonyl (C=O) groups excluding carboxylic acids is 1. The Morgan fingerprint density at radius 3 is 2.75 bits per heavy atom. The van der Waals surface area contributed by atoms with Gasteiger partial charge >= 0.3 is 0 Å². The smallest absolute Gasteiger partial charge is 0.253 e. The molecule has 0 aliphatic carbocycles. The molecule has 28 heavy (non-hydrogen) atoms. The lowest BCUT2D eigenvalue weighted by molar-refractivity contribution is -0.130. The van der Waals surface area contributed by atoms with Gasteiger partial charge in [0, 0.05) is 17.3 Å². The van der Waals surface area contributed by atoms with Crippen LogP contribution < -0.4 is 14.4 Å². The van der Waals surface area contributed by atoms with Gasteiger partial charge in [0.05, 0.1) is 13.2 Å². The van der Waals surface area contributed by atoms with Crippen molar-refractivity contribution < 1.29 is 19.0 Å². The van der Waals surface area contributed by atoms with Gasteiger partial charge in [-0.3, -0.25) is 9.78 Å². The Morgan fingerprint density at radius 1 is 1.11 bits per heavy atom. The van der Waals surface area contributed by atoms with Crippen LogP contribution in [0, 0.1) is 0 Å². The third kappa shape index (κ3) is 3.92. The first-order valence-electron chi connectivity index (χ1n) is 9.36. The number of benzene rings is 2. The van der Waals surface area contributed by atoms with Crippen molar-refractivity contribution in [3.8, 4) is 11.5 Å². The topological polar surface area (TPSA) is 60.9 Å². The van der Waals surface area contributed by atoms with Gasteiger partial charge in [-0.25, -0.2) is 0 Å². The lowest BCUT2D eigenvalue weighted by atomic mass is 10.2. The fourth-order valence-electron chi connectivity index (χ4n) is 3.24. The molecule has 1 aromatic heterocycles. The minimum absolute atomic E-state index is 0.0367.